The Morgan fingerprint density at radius 1 is 1.21 bits per heavy atom. The normalized spacial score (nSPS) is 15.2. The van der Waals surface area contributed by atoms with Crippen LogP contribution in [-0.4, -0.2) is 55.1 Å². The van der Waals surface area contributed by atoms with Gasteiger partial charge in [0.1, 0.15) is 0 Å². The van der Waals surface area contributed by atoms with Crippen LogP contribution in [0.15, 0.2) is 35.7 Å². The monoisotopic (exact) mass is 421 g/mol. The van der Waals surface area contributed by atoms with Crippen LogP contribution in [0, 0.1) is 0 Å². The van der Waals surface area contributed by atoms with Gasteiger partial charge in [-0.25, -0.2) is 0 Å². The summed E-state index contributed by atoms with van der Waals surface area (Å²) in [4.78, 5) is 27.8. The van der Waals surface area contributed by atoms with E-state index in [0.29, 0.717) is 40.9 Å². The summed E-state index contributed by atoms with van der Waals surface area (Å²) in [5.41, 5.74) is 0.686. The smallest absolute Gasteiger partial charge is 0.265 e. The molecule has 1 saturated heterocycles. The first-order chi connectivity index (χ1) is 13.4. The van der Waals surface area contributed by atoms with E-state index in [9.17, 15) is 9.59 Å². The highest BCUT2D eigenvalue weighted by Gasteiger charge is 2.28. The fourth-order valence-electron chi connectivity index (χ4n) is 3.03. The van der Waals surface area contributed by atoms with E-state index < -0.39 is 0 Å². The molecule has 150 valence electrons. The Hall–Kier alpha value is -1.93. The van der Waals surface area contributed by atoms with Crippen molar-refractivity contribution in [1.29, 1.82) is 0 Å². The Morgan fingerprint density at radius 2 is 1.96 bits per heavy atom. The molecule has 1 aliphatic rings. The maximum absolute atomic E-state index is 12.6. The van der Waals surface area contributed by atoms with Gasteiger partial charge in [0.15, 0.2) is 0 Å². The predicted molar refractivity (Wildman–Crippen MR) is 113 cm³/mol. The molecule has 2 N–H and O–H groups in total. The van der Waals surface area contributed by atoms with Crippen LogP contribution in [0.25, 0.3) is 0 Å². The number of thiophene rings is 1. The SMILES string of the molecule is CC(C)(CNC(=O)c1ccc(Cl)c(NC(=O)c2cccs2)c1)N1CCOCC1. The summed E-state index contributed by atoms with van der Waals surface area (Å²) in [7, 11) is 0. The van der Waals surface area contributed by atoms with Gasteiger partial charge in [-0.15, -0.1) is 11.3 Å². The lowest BCUT2D eigenvalue weighted by Crippen LogP contribution is -2.55. The number of carbonyl (C=O) groups excluding carboxylic acids is 2. The molecule has 8 heteroatoms. The average Bonchev–Trinajstić information content (AvgIpc) is 3.23. The molecule has 1 fully saturated rings. The van der Waals surface area contributed by atoms with Crippen LogP contribution in [0.5, 0.6) is 0 Å². The van der Waals surface area contributed by atoms with Crippen LogP contribution in [0.2, 0.25) is 5.02 Å². The third-order valence-electron chi connectivity index (χ3n) is 4.77. The van der Waals surface area contributed by atoms with Gasteiger partial charge in [0, 0.05) is 30.7 Å². The van der Waals surface area contributed by atoms with Gasteiger partial charge in [-0.2, -0.15) is 0 Å². The standard InChI is InChI=1S/C20H24ClN3O3S/c1-20(2,24-7-9-27-10-8-24)13-22-18(25)14-5-6-15(21)16(12-14)23-19(26)17-4-3-11-28-17/h3-6,11-12H,7-10,13H2,1-2H3,(H,22,25)(H,23,26). The van der Waals surface area contributed by atoms with Crippen LogP contribution in [-0.2, 0) is 4.74 Å². The van der Waals surface area contributed by atoms with Crippen molar-refractivity contribution in [3.8, 4) is 0 Å². The Bertz CT molecular complexity index is 833. The first kappa shape index (κ1) is 20.8. The van der Waals surface area contributed by atoms with E-state index in [1.165, 1.54) is 11.3 Å². The zero-order valence-corrected chi connectivity index (χ0v) is 17.5. The van der Waals surface area contributed by atoms with Gasteiger partial charge in [-0.05, 0) is 43.5 Å². The molecule has 2 amide bonds. The molecule has 1 aliphatic heterocycles. The number of halogens is 1. The molecule has 0 aliphatic carbocycles. The fraction of sp³-hybridized carbons (Fsp3) is 0.400. The lowest BCUT2D eigenvalue weighted by molar-refractivity contribution is -0.00923. The van der Waals surface area contributed by atoms with Crippen molar-refractivity contribution in [3.05, 3.63) is 51.2 Å². The minimum atomic E-state index is -0.247. The Labute approximate surface area is 173 Å². The number of nitrogens with one attached hydrogen (secondary N) is 2. The van der Waals surface area contributed by atoms with E-state index in [0.717, 1.165) is 13.1 Å². The van der Waals surface area contributed by atoms with Gasteiger partial charge in [0.25, 0.3) is 11.8 Å². The summed E-state index contributed by atoms with van der Waals surface area (Å²) in [5, 5.41) is 7.97. The minimum Gasteiger partial charge on any atom is -0.379 e. The van der Waals surface area contributed by atoms with Gasteiger partial charge < -0.3 is 15.4 Å². The van der Waals surface area contributed by atoms with Crippen molar-refractivity contribution >= 4 is 40.4 Å². The van der Waals surface area contributed by atoms with E-state index in [1.807, 2.05) is 5.38 Å². The first-order valence-corrected chi connectivity index (χ1v) is 10.4. The van der Waals surface area contributed by atoms with Gasteiger partial charge in [0.05, 0.1) is 28.8 Å². The summed E-state index contributed by atoms with van der Waals surface area (Å²) >= 11 is 7.54. The van der Waals surface area contributed by atoms with E-state index in [2.05, 4.69) is 29.4 Å². The summed E-state index contributed by atoms with van der Waals surface area (Å²) in [6, 6.07) is 8.41. The number of hydrogen-bond acceptors (Lipinski definition) is 5. The van der Waals surface area contributed by atoms with Gasteiger partial charge >= 0.3 is 0 Å². The fourth-order valence-corrected chi connectivity index (χ4v) is 3.82. The molecule has 0 radical (unpaired) electrons. The Balaban J connectivity index is 1.64. The van der Waals surface area contributed by atoms with Crippen LogP contribution in [0.4, 0.5) is 5.69 Å². The molecule has 0 spiro atoms. The summed E-state index contributed by atoms with van der Waals surface area (Å²) in [6.45, 7) is 7.83. The molecular weight excluding hydrogens is 398 g/mol. The van der Waals surface area contributed by atoms with Crippen LogP contribution >= 0.6 is 22.9 Å². The molecule has 1 aromatic heterocycles. The molecule has 1 aromatic carbocycles. The first-order valence-electron chi connectivity index (χ1n) is 9.12. The van der Waals surface area contributed by atoms with Crippen molar-refractivity contribution in [3.63, 3.8) is 0 Å². The van der Waals surface area contributed by atoms with Crippen molar-refractivity contribution in [1.82, 2.24) is 10.2 Å². The molecule has 0 saturated carbocycles. The second kappa shape index (κ2) is 9.05. The second-order valence-electron chi connectivity index (χ2n) is 7.22. The van der Waals surface area contributed by atoms with E-state index in [-0.39, 0.29) is 17.4 Å². The van der Waals surface area contributed by atoms with Crippen molar-refractivity contribution in [2.75, 3.05) is 38.2 Å². The van der Waals surface area contributed by atoms with E-state index >= 15 is 0 Å². The quantitative estimate of drug-likeness (QED) is 0.748. The minimum absolute atomic E-state index is 0.178. The average molecular weight is 422 g/mol. The van der Waals surface area contributed by atoms with Crippen molar-refractivity contribution in [2.45, 2.75) is 19.4 Å². The second-order valence-corrected chi connectivity index (χ2v) is 8.58. The van der Waals surface area contributed by atoms with Gasteiger partial charge in [-0.3, -0.25) is 14.5 Å². The predicted octanol–water partition coefficient (Wildman–Crippen LogP) is 3.49. The number of carbonyl (C=O) groups is 2. The molecule has 2 heterocycles. The van der Waals surface area contributed by atoms with Crippen LogP contribution in [0.3, 0.4) is 0 Å². The number of ether oxygens (including phenoxy) is 1. The number of morpholine rings is 1. The maximum Gasteiger partial charge on any atom is 0.265 e. The van der Waals surface area contributed by atoms with Crippen molar-refractivity contribution in [2.24, 2.45) is 0 Å². The van der Waals surface area contributed by atoms with Crippen LogP contribution in [0.1, 0.15) is 33.9 Å². The molecule has 0 atom stereocenters. The molecular formula is C20H24ClN3O3S. The van der Waals surface area contributed by atoms with E-state index in [4.69, 9.17) is 16.3 Å². The van der Waals surface area contributed by atoms with Crippen molar-refractivity contribution < 1.29 is 14.3 Å². The highest BCUT2D eigenvalue weighted by Crippen LogP contribution is 2.24. The molecule has 0 unspecified atom stereocenters. The third kappa shape index (κ3) is 5.11. The molecule has 0 bridgehead atoms. The largest absolute Gasteiger partial charge is 0.379 e. The van der Waals surface area contributed by atoms with Gasteiger partial charge in [0.2, 0.25) is 0 Å². The molecule has 6 nitrogen and oxygen atoms in total. The summed E-state index contributed by atoms with van der Waals surface area (Å²) in [5.74, 6) is -0.451. The number of hydrogen-bond donors (Lipinski definition) is 2. The van der Waals surface area contributed by atoms with E-state index in [1.54, 1.807) is 30.3 Å². The van der Waals surface area contributed by atoms with Gasteiger partial charge in [-0.1, -0.05) is 17.7 Å². The third-order valence-corrected chi connectivity index (χ3v) is 5.97. The lowest BCUT2D eigenvalue weighted by Gasteiger charge is -2.40. The Kier molecular flexibility index (Phi) is 6.72. The number of anilines is 1. The highest BCUT2D eigenvalue weighted by atomic mass is 35.5. The number of rotatable bonds is 6. The number of nitrogens with zero attached hydrogens (tertiary/aromatic N) is 1. The maximum atomic E-state index is 12.6. The zero-order valence-electron chi connectivity index (χ0n) is 16.0. The summed E-state index contributed by atoms with van der Waals surface area (Å²) in [6.07, 6.45) is 0. The highest BCUT2D eigenvalue weighted by molar-refractivity contribution is 7.12. The number of amides is 2. The molecule has 28 heavy (non-hydrogen) atoms. The molecule has 2 aromatic rings. The van der Waals surface area contributed by atoms with Crippen LogP contribution < -0.4 is 10.6 Å². The zero-order chi connectivity index (χ0) is 20.1. The lowest BCUT2D eigenvalue weighted by atomic mass is 10.0. The number of benzene rings is 1. The topological polar surface area (TPSA) is 70.7 Å². The molecule has 3 rings (SSSR count). The summed E-state index contributed by atoms with van der Waals surface area (Å²) < 4.78 is 5.40. The Morgan fingerprint density at radius 3 is 2.64 bits per heavy atom.